The van der Waals surface area contributed by atoms with E-state index < -0.39 is 0 Å². The number of ether oxygens (including phenoxy) is 1. The van der Waals surface area contributed by atoms with E-state index in [1.165, 1.54) is 17.4 Å². The van der Waals surface area contributed by atoms with Gasteiger partial charge in [0.15, 0.2) is 5.13 Å². The predicted octanol–water partition coefficient (Wildman–Crippen LogP) is 6.40. The second-order valence-corrected chi connectivity index (χ2v) is 7.92. The summed E-state index contributed by atoms with van der Waals surface area (Å²) in [5, 5.41) is 5.31. The fourth-order valence-electron chi connectivity index (χ4n) is 2.44. The van der Waals surface area contributed by atoms with Crippen molar-refractivity contribution >= 4 is 44.4 Å². The van der Waals surface area contributed by atoms with Crippen molar-refractivity contribution in [2.45, 2.75) is 19.8 Å². The Morgan fingerprint density at radius 2 is 2.07 bits per heavy atom. The van der Waals surface area contributed by atoms with Crippen molar-refractivity contribution in [3.05, 3.63) is 70.0 Å². The quantitative estimate of drug-likeness (QED) is 0.314. The van der Waals surface area contributed by atoms with Crippen molar-refractivity contribution in [3.63, 3.8) is 0 Å². The number of thiazole rings is 1. The Labute approximate surface area is 177 Å². The lowest BCUT2D eigenvalue weighted by Crippen LogP contribution is -2.07. The number of hydrogen-bond donors (Lipinski definition) is 1. The monoisotopic (exact) mass is 456 g/mol. The molecule has 0 saturated carbocycles. The third kappa shape index (κ3) is 6.04. The van der Waals surface area contributed by atoms with Crippen LogP contribution in [0.3, 0.4) is 0 Å². The molecule has 6 heteroatoms. The molecule has 0 unspecified atom stereocenters. The molecule has 28 heavy (non-hydrogen) atoms. The van der Waals surface area contributed by atoms with Crippen LogP contribution in [-0.4, -0.2) is 17.5 Å². The molecular weight excluding hydrogens is 436 g/mol. The molecule has 0 aliphatic heterocycles. The van der Waals surface area contributed by atoms with E-state index in [1.54, 1.807) is 6.08 Å². The van der Waals surface area contributed by atoms with Crippen molar-refractivity contribution in [1.29, 1.82) is 0 Å². The van der Waals surface area contributed by atoms with E-state index in [2.05, 4.69) is 33.2 Å². The lowest BCUT2D eigenvalue weighted by molar-refractivity contribution is -0.111. The van der Waals surface area contributed by atoms with Crippen molar-refractivity contribution in [2.24, 2.45) is 0 Å². The van der Waals surface area contributed by atoms with Crippen LogP contribution < -0.4 is 10.1 Å². The topological polar surface area (TPSA) is 51.2 Å². The van der Waals surface area contributed by atoms with Crippen LogP contribution in [0.15, 0.2) is 64.5 Å². The standard InChI is InChI=1S/C22H21BrN2O2S/c1-2-3-13-27-19-10-7-16(8-11-19)9-12-21(26)25-22-24-20(15-28-22)17-5-4-6-18(23)14-17/h4-12,14-15H,2-3,13H2,1H3,(H,24,25,26). The second kappa shape index (κ2) is 10.2. The van der Waals surface area contributed by atoms with E-state index in [4.69, 9.17) is 4.74 Å². The number of aromatic nitrogens is 1. The third-order valence-corrected chi connectivity index (χ3v) is 5.18. The van der Waals surface area contributed by atoms with Crippen LogP contribution >= 0.6 is 27.3 Å². The first kappa shape index (κ1) is 20.3. The zero-order valence-electron chi connectivity index (χ0n) is 15.5. The van der Waals surface area contributed by atoms with Crippen molar-refractivity contribution < 1.29 is 9.53 Å². The molecule has 0 fully saturated rings. The van der Waals surface area contributed by atoms with Gasteiger partial charge in [0.1, 0.15) is 5.75 Å². The normalized spacial score (nSPS) is 10.9. The summed E-state index contributed by atoms with van der Waals surface area (Å²) in [6.45, 7) is 2.86. The highest BCUT2D eigenvalue weighted by molar-refractivity contribution is 9.10. The van der Waals surface area contributed by atoms with Crippen molar-refractivity contribution in [3.8, 4) is 17.0 Å². The molecule has 4 nitrogen and oxygen atoms in total. The van der Waals surface area contributed by atoms with E-state index in [0.717, 1.165) is 46.5 Å². The molecule has 2 aromatic carbocycles. The van der Waals surface area contributed by atoms with Crippen molar-refractivity contribution in [1.82, 2.24) is 4.98 Å². The zero-order valence-corrected chi connectivity index (χ0v) is 17.9. The van der Waals surface area contributed by atoms with Crippen LogP contribution in [0.4, 0.5) is 5.13 Å². The van der Waals surface area contributed by atoms with Gasteiger partial charge in [-0.3, -0.25) is 10.1 Å². The number of amides is 1. The molecule has 0 spiro atoms. The average molecular weight is 457 g/mol. The minimum Gasteiger partial charge on any atom is -0.494 e. The van der Waals surface area contributed by atoms with Crippen LogP contribution in [0.2, 0.25) is 0 Å². The number of nitrogens with zero attached hydrogens (tertiary/aromatic N) is 1. The summed E-state index contributed by atoms with van der Waals surface area (Å²) in [5.74, 6) is 0.635. The van der Waals surface area contributed by atoms with Gasteiger partial charge in [0.05, 0.1) is 12.3 Å². The Balaban J connectivity index is 1.55. The van der Waals surface area contributed by atoms with Gasteiger partial charge in [-0.25, -0.2) is 4.98 Å². The first-order chi connectivity index (χ1) is 13.6. The summed E-state index contributed by atoms with van der Waals surface area (Å²) < 4.78 is 6.63. The molecule has 0 aliphatic rings. The minimum absolute atomic E-state index is 0.210. The molecule has 0 atom stereocenters. The predicted molar refractivity (Wildman–Crippen MR) is 120 cm³/mol. The molecule has 1 N–H and O–H groups in total. The third-order valence-electron chi connectivity index (χ3n) is 3.93. The number of halogens is 1. The summed E-state index contributed by atoms with van der Waals surface area (Å²) in [6.07, 6.45) is 5.43. The number of carbonyl (C=O) groups is 1. The summed E-state index contributed by atoms with van der Waals surface area (Å²) in [5.41, 5.74) is 2.78. The molecule has 1 aromatic heterocycles. The fourth-order valence-corrected chi connectivity index (χ4v) is 3.56. The molecular formula is C22H21BrN2O2S. The first-order valence-corrected chi connectivity index (χ1v) is 10.7. The largest absolute Gasteiger partial charge is 0.494 e. The van der Waals surface area contributed by atoms with Crippen LogP contribution in [0.25, 0.3) is 17.3 Å². The molecule has 0 radical (unpaired) electrons. The van der Waals surface area contributed by atoms with Gasteiger partial charge >= 0.3 is 0 Å². The summed E-state index contributed by atoms with van der Waals surface area (Å²) >= 11 is 4.86. The Morgan fingerprint density at radius 1 is 1.25 bits per heavy atom. The Morgan fingerprint density at radius 3 is 2.82 bits per heavy atom. The van der Waals surface area contributed by atoms with Crippen LogP contribution in [0.1, 0.15) is 25.3 Å². The molecule has 3 aromatic rings. The summed E-state index contributed by atoms with van der Waals surface area (Å²) in [6, 6.07) is 15.6. The molecule has 3 rings (SSSR count). The van der Waals surface area contributed by atoms with E-state index in [9.17, 15) is 4.79 Å². The number of anilines is 1. The lowest BCUT2D eigenvalue weighted by Gasteiger charge is -2.05. The number of nitrogens with one attached hydrogen (secondary N) is 1. The van der Waals surface area contributed by atoms with E-state index in [0.29, 0.717) is 5.13 Å². The number of carbonyl (C=O) groups excluding carboxylic acids is 1. The number of benzene rings is 2. The van der Waals surface area contributed by atoms with Crippen molar-refractivity contribution in [2.75, 3.05) is 11.9 Å². The Bertz CT molecular complexity index is 951. The van der Waals surface area contributed by atoms with Gasteiger partial charge in [0.25, 0.3) is 0 Å². The van der Waals surface area contributed by atoms with Gasteiger partial charge in [-0.05, 0) is 42.3 Å². The smallest absolute Gasteiger partial charge is 0.250 e. The highest BCUT2D eigenvalue weighted by Gasteiger charge is 2.07. The number of unbranched alkanes of at least 4 members (excludes halogenated alkanes) is 1. The van der Waals surface area contributed by atoms with Gasteiger partial charge in [-0.15, -0.1) is 11.3 Å². The number of rotatable bonds is 8. The minimum atomic E-state index is -0.210. The molecule has 1 heterocycles. The highest BCUT2D eigenvalue weighted by Crippen LogP contribution is 2.26. The summed E-state index contributed by atoms with van der Waals surface area (Å²) in [7, 11) is 0. The maximum atomic E-state index is 12.2. The zero-order chi connectivity index (χ0) is 19.8. The summed E-state index contributed by atoms with van der Waals surface area (Å²) in [4.78, 5) is 16.6. The molecule has 0 saturated heterocycles. The molecule has 0 aliphatic carbocycles. The van der Waals surface area contributed by atoms with Gasteiger partial charge in [-0.1, -0.05) is 53.5 Å². The second-order valence-electron chi connectivity index (χ2n) is 6.14. The maximum absolute atomic E-state index is 12.2. The van der Waals surface area contributed by atoms with Gasteiger partial charge in [0.2, 0.25) is 5.91 Å². The van der Waals surface area contributed by atoms with E-state index in [1.807, 2.05) is 53.9 Å². The van der Waals surface area contributed by atoms with Gasteiger partial charge in [0, 0.05) is 21.5 Å². The number of hydrogen-bond acceptors (Lipinski definition) is 4. The van der Waals surface area contributed by atoms with E-state index in [-0.39, 0.29) is 5.91 Å². The Hall–Kier alpha value is -2.44. The van der Waals surface area contributed by atoms with Gasteiger partial charge in [-0.2, -0.15) is 0 Å². The first-order valence-electron chi connectivity index (χ1n) is 9.07. The average Bonchev–Trinajstić information content (AvgIpc) is 3.16. The van der Waals surface area contributed by atoms with Crippen LogP contribution in [-0.2, 0) is 4.79 Å². The molecule has 1 amide bonds. The van der Waals surface area contributed by atoms with Gasteiger partial charge < -0.3 is 4.74 Å². The SMILES string of the molecule is CCCCOc1ccc(C=CC(=O)Nc2nc(-c3cccc(Br)c3)cs2)cc1. The van der Waals surface area contributed by atoms with E-state index >= 15 is 0 Å². The lowest BCUT2D eigenvalue weighted by atomic mass is 10.2. The van der Waals surface area contributed by atoms with Crippen LogP contribution in [0, 0.1) is 0 Å². The van der Waals surface area contributed by atoms with Crippen LogP contribution in [0.5, 0.6) is 5.75 Å². The Kier molecular flexibility index (Phi) is 7.39. The fraction of sp³-hybridized carbons (Fsp3) is 0.182. The molecule has 0 bridgehead atoms. The molecule has 144 valence electrons. The highest BCUT2D eigenvalue weighted by atomic mass is 79.9. The maximum Gasteiger partial charge on any atom is 0.250 e.